The number of aliphatic carboxylic acids is 1. The van der Waals surface area contributed by atoms with E-state index in [4.69, 9.17) is 5.11 Å². The van der Waals surface area contributed by atoms with Crippen molar-refractivity contribution < 1.29 is 14.7 Å². The highest BCUT2D eigenvalue weighted by Crippen LogP contribution is 2.25. The fourth-order valence-electron chi connectivity index (χ4n) is 1.34. The summed E-state index contributed by atoms with van der Waals surface area (Å²) in [5.41, 5.74) is 0. The normalized spacial score (nSPS) is 10.4. The Morgan fingerprint density at radius 2 is 2.00 bits per heavy atom. The molecule has 15 heavy (non-hydrogen) atoms. The molecule has 2 aromatic rings. The quantitative estimate of drug-likeness (QED) is 0.638. The Morgan fingerprint density at radius 3 is 2.67 bits per heavy atom. The molecule has 76 valence electrons. The summed E-state index contributed by atoms with van der Waals surface area (Å²) in [6.45, 7) is 0. The summed E-state index contributed by atoms with van der Waals surface area (Å²) >= 11 is 1.33. The molecule has 1 N–H and O–H groups in total. The van der Waals surface area contributed by atoms with Crippen LogP contribution >= 0.6 is 11.3 Å². The minimum atomic E-state index is -1.09. The third-order valence-electron chi connectivity index (χ3n) is 2.01. The summed E-state index contributed by atoms with van der Waals surface area (Å²) in [6, 6.07) is 9.34. The van der Waals surface area contributed by atoms with Crippen LogP contribution in [0.5, 0.6) is 0 Å². The highest BCUT2D eigenvalue weighted by Gasteiger charge is 2.13. The molecule has 0 radical (unpaired) electrons. The van der Waals surface area contributed by atoms with E-state index in [1.165, 1.54) is 11.3 Å². The van der Waals surface area contributed by atoms with Crippen molar-refractivity contribution in [2.24, 2.45) is 0 Å². The van der Waals surface area contributed by atoms with Crippen LogP contribution in [-0.4, -0.2) is 16.9 Å². The maximum absolute atomic E-state index is 11.5. The molecule has 4 heteroatoms. The second-order valence-corrected chi connectivity index (χ2v) is 4.23. The summed E-state index contributed by atoms with van der Waals surface area (Å²) in [7, 11) is 0. The van der Waals surface area contributed by atoms with Crippen LogP contribution in [0.4, 0.5) is 0 Å². The second-order valence-electron chi connectivity index (χ2n) is 3.14. The third kappa shape index (κ3) is 2.05. The van der Waals surface area contributed by atoms with E-state index < -0.39 is 12.4 Å². The molecule has 0 saturated carbocycles. The lowest BCUT2D eigenvalue weighted by Gasteiger charge is -1.90. The van der Waals surface area contributed by atoms with Gasteiger partial charge < -0.3 is 5.11 Å². The minimum absolute atomic E-state index is 0.330. The number of carbonyl (C=O) groups excluding carboxylic acids is 1. The Bertz CT molecular complexity index is 494. The SMILES string of the molecule is O=C(O)CC(=O)c1cc2ccccc2s1. The van der Waals surface area contributed by atoms with Crippen molar-refractivity contribution >= 4 is 33.2 Å². The zero-order valence-electron chi connectivity index (χ0n) is 7.77. The standard InChI is InChI=1S/C11H8O3S/c12-8(6-11(13)14)10-5-7-3-1-2-4-9(7)15-10/h1-5H,6H2,(H,13,14). The molecule has 0 aliphatic carbocycles. The fraction of sp³-hybridized carbons (Fsp3) is 0.0909. The number of hydrogen-bond donors (Lipinski definition) is 1. The molecular weight excluding hydrogens is 212 g/mol. The van der Waals surface area contributed by atoms with Gasteiger partial charge in [-0.25, -0.2) is 0 Å². The van der Waals surface area contributed by atoms with Crippen molar-refractivity contribution in [1.29, 1.82) is 0 Å². The highest BCUT2D eigenvalue weighted by atomic mass is 32.1. The highest BCUT2D eigenvalue weighted by molar-refractivity contribution is 7.20. The van der Waals surface area contributed by atoms with Gasteiger partial charge in [0.1, 0.15) is 6.42 Å². The van der Waals surface area contributed by atoms with E-state index in [2.05, 4.69) is 0 Å². The molecule has 0 amide bonds. The molecule has 1 aromatic carbocycles. The number of carboxylic acid groups (broad SMARTS) is 1. The predicted octanol–water partition coefficient (Wildman–Crippen LogP) is 2.56. The van der Waals surface area contributed by atoms with Crippen LogP contribution in [0.15, 0.2) is 30.3 Å². The molecule has 0 atom stereocenters. The van der Waals surface area contributed by atoms with Crippen LogP contribution in [0.1, 0.15) is 16.1 Å². The molecular formula is C11H8O3S. The summed E-state index contributed by atoms with van der Waals surface area (Å²) in [6.07, 6.45) is -0.438. The smallest absolute Gasteiger partial charge is 0.311 e. The number of fused-ring (bicyclic) bond motifs is 1. The maximum Gasteiger partial charge on any atom is 0.311 e. The lowest BCUT2D eigenvalue weighted by molar-refractivity contribution is -0.135. The van der Waals surface area contributed by atoms with Gasteiger partial charge in [0, 0.05) is 4.70 Å². The zero-order valence-corrected chi connectivity index (χ0v) is 8.58. The van der Waals surface area contributed by atoms with Gasteiger partial charge in [-0.1, -0.05) is 18.2 Å². The number of thiophene rings is 1. The van der Waals surface area contributed by atoms with Crippen molar-refractivity contribution in [3.8, 4) is 0 Å². The molecule has 0 unspecified atom stereocenters. The Morgan fingerprint density at radius 1 is 1.27 bits per heavy atom. The summed E-state index contributed by atoms with van der Waals surface area (Å²) in [5.74, 6) is -1.42. The molecule has 1 aromatic heterocycles. The Balaban J connectivity index is 2.36. The molecule has 0 aliphatic heterocycles. The van der Waals surface area contributed by atoms with E-state index in [1.807, 2.05) is 24.3 Å². The molecule has 3 nitrogen and oxygen atoms in total. The summed E-state index contributed by atoms with van der Waals surface area (Å²) in [5, 5.41) is 9.49. The van der Waals surface area contributed by atoms with Crippen LogP contribution in [0.2, 0.25) is 0 Å². The van der Waals surface area contributed by atoms with Gasteiger partial charge in [-0.3, -0.25) is 9.59 Å². The molecule has 0 spiro atoms. The van der Waals surface area contributed by atoms with Gasteiger partial charge in [-0.15, -0.1) is 11.3 Å². The van der Waals surface area contributed by atoms with E-state index in [9.17, 15) is 9.59 Å². The second kappa shape index (κ2) is 3.82. The van der Waals surface area contributed by atoms with Crippen molar-refractivity contribution in [3.05, 3.63) is 35.2 Å². The molecule has 2 rings (SSSR count). The number of carbonyl (C=O) groups is 2. The molecule has 0 aliphatic rings. The van der Waals surface area contributed by atoms with Gasteiger partial charge in [0.15, 0.2) is 5.78 Å². The van der Waals surface area contributed by atoms with Crippen LogP contribution in [0, 0.1) is 0 Å². The van der Waals surface area contributed by atoms with E-state index in [-0.39, 0.29) is 5.78 Å². The first-order valence-corrected chi connectivity index (χ1v) is 5.22. The van der Waals surface area contributed by atoms with Gasteiger partial charge in [0.05, 0.1) is 4.88 Å². The van der Waals surface area contributed by atoms with Gasteiger partial charge in [-0.05, 0) is 17.5 Å². The summed E-state index contributed by atoms with van der Waals surface area (Å²) in [4.78, 5) is 22.3. The zero-order chi connectivity index (χ0) is 10.8. The maximum atomic E-state index is 11.5. The number of carboxylic acids is 1. The monoisotopic (exact) mass is 220 g/mol. The Kier molecular flexibility index (Phi) is 2.51. The summed E-state index contributed by atoms with van der Waals surface area (Å²) < 4.78 is 1.01. The van der Waals surface area contributed by atoms with Crippen molar-refractivity contribution in [1.82, 2.24) is 0 Å². The van der Waals surface area contributed by atoms with Crippen molar-refractivity contribution in [2.75, 3.05) is 0 Å². The number of Topliss-reactive ketones (excluding diaryl/α,β-unsaturated/α-hetero) is 1. The van der Waals surface area contributed by atoms with Crippen molar-refractivity contribution in [3.63, 3.8) is 0 Å². The van der Waals surface area contributed by atoms with E-state index in [1.54, 1.807) is 6.07 Å². The van der Waals surface area contributed by atoms with Gasteiger partial charge >= 0.3 is 5.97 Å². The van der Waals surface area contributed by atoms with E-state index in [0.717, 1.165) is 10.1 Å². The third-order valence-corrected chi connectivity index (χ3v) is 3.17. The first-order chi connectivity index (χ1) is 7.16. The largest absolute Gasteiger partial charge is 0.481 e. The van der Waals surface area contributed by atoms with Crippen LogP contribution in [0.3, 0.4) is 0 Å². The molecule has 0 bridgehead atoms. The number of hydrogen-bond acceptors (Lipinski definition) is 3. The minimum Gasteiger partial charge on any atom is -0.481 e. The lowest BCUT2D eigenvalue weighted by atomic mass is 10.2. The van der Waals surface area contributed by atoms with Gasteiger partial charge in [0.25, 0.3) is 0 Å². The Hall–Kier alpha value is -1.68. The molecule has 0 fully saturated rings. The number of ketones is 1. The van der Waals surface area contributed by atoms with Crippen LogP contribution < -0.4 is 0 Å². The molecule has 1 heterocycles. The predicted molar refractivity (Wildman–Crippen MR) is 58.4 cm³/mol. The van der Waals surface area contributed by atoms with Crippen LogP contribution in [0.25, 0.3) is 10.1 Å². The van der Waals surface area contributed by atoms with Crippen molar-refractivity contribution in [2.45, 2.75) is 6.42 Å². The average molecular weight is 220 g/mol. The first kappa shape index (κ1) is 9.86. The van der Waals surface area contributed by atoms with E-state index in [0.29, 0.717) is 4.88 Å². The van der Waals surface area contributed by atoms with Gasteiger partial charge in [-0.2, -0.15) is 0 Å². The number of benzene rings is 1. The lowest BCUT2D eigenvalue weighted by Crippen LogP contribution is -2.04. The molecule has 0 saturated heterocycles. The van der Waals surface area contributed by atoms with E-state index >= 15 is 0 Å². The fourth-order valence-corrected chi connectivity index (χ4v) is 2.34. The topological polar surface area (TPSA) is 54.4 Å². The van der Waals surface area contributed by atoms with Gasteiger partial charge in [0.2, 0.25) is 0 Å². The van der Waals surface area contributed by atoms with Crippen LogP contribution in [-0.2, 0) is 4.79 Å². The average Bonchev–Trinajstić information content (AvgIpc) is 2.59. The Labute approximate surface area is 90.0 Å². The number of rotatable bonds is 3. The first-order valence-electron chi connectivity index (χ1n) is 4.40.